The van der Waals surface area contributed by atoms with Crippen molar-refractivity contribution in [1.29, 1.82) is 0 Å². The van der Waals surface area contributed by atoms with Gasteiger partial charge >= 0.3 is 0 Å². The fourth-order valence-corrected chi connectivity index (χ4v) is 4.73. The Balaban J connectivity index is 1.24. The number of piperazine rings is 1. The van der Waals surface area contributed by atoms with E-state index in [2.05, 4.69) is 20.4 Å². The van der Waals surface area contributed by atoms with Crippen molar-refractivity contribution < 1.29 is 9.90 Å². The number of phenolic OH excluding ortho intramolecular Hbond substituents is 1. The number of aromatic nitrogens is 2. The van der Waals surface area contributed by atoms with Crippen molar-refractivity contribution >= 4 is 45.5 Å². The number of rotatable bonds is 6. The number of nitrogens with one attached hydrogen (secondary N) is 1. The number of hydrogen-bond donors (Lipinski definition) is 2. The average molecular weight is 428 g/mol. The summed E-state index contributed by atoms with van der Waals surface area (Å²) in [7, 11) is 0. The number of phenols is 1. The van der Waals surface area contributed by atoms with Crippen LogP contribution in [0, 0.1) is 0 Å². The third kappa shape index (κ3) is 5.18. The van der Waals surface area contributed by atoms with Gasteiger partial charge in [-0.25, -0.2) is 0 Å². The lowest BCUT2D eigenvalue weighted by Gasteiger charge is -2.36. The van der Waals surface area contributed by atoms with Crippen LogP contribution in [-0.4, -0.2) is 58.0 Å². The van der Waals surface area contributed by atoms with Crippen LogP contribution in [0.2, 0.25) is 0 Å². The zero-order chi connectivity index (χ0) is 20.1. The van der Waals surface area contributed by atoms with E-state index in [9.17, 15) is 9.90 Å². The topological polar surface area (TPSA) is 81.6 Å². The third-order valence-corrected chi connectivity index (χ3v) is 6.55. The summed E-state index contributed by atoms with van der Waals surface area (Å²) < 4.78 is 0.777. The van der Waals surface area contributed by atoms with Gasteiger partial charge in [-0.15, -0.1) is 10.2 Å². The fraction of sp³-hybridized carbons (Fsp3) is 0.250. The molecule has 0 spiro atoms. The summed E-state index contributed by atoms with van der Waals surface area (Å²) in [6.45, 7) is 2.95. The zero-order valence-corrected chi connectivity index (χ0v) is 17.3. The van der Waals surface area contributed by atoms with E-state index in [0.717, 1.165) is 28.8 Å². The Hall–Kier alpha value is -2.78. The van der Waals surface area contributed by atoms with Crippen LogP contribution in [0.3, 0.4) is 0 Å². The molecule has 9 heteroatoms. The van der Waals surface area contributed by atoms with Crippen molar-refractivity contribution in [2.75, 3.05) is 42.1 Å². The van der Waals surface area contributed by atoms with Gasteiger partial charge < -0.3 is 20.2 Å². The number of hydrogen-bond acceptors (Lipinski definition) is 8. The van der Waals surface area contributed by atoms with Gasteiger partial charge in [0.05, 0.1) is 5.75 Å². The molecule has 150 valence electrons. The van der Waals surface area contributed by atoms with E-state index in [1.54, 1.807) is 12.1 Å². The van der Waals surface area contributed by atoms with Gasteiger partial charge in [0.2, 0.25) is 11.0 Å². The van der Waals surface area contributed by atoms with Crippen molar-refractivity contribution in [3.8, 4) is 5.75 Å². The molecule has 4 rings (SSSR count). The largest absolute Gasteiger partial charge is 0.508 e. The molecule has 0 bridgehead atoms. The van der Waals surface area contributed by atoms with E-state index < -0.39 is 0 Å². The second kappa shape index (κ2) is 9.15. The second-order valence-electron chi connectivity index (χ2n) is 6.54. The highest BCUT2D eigenvalue weighted by atomic mass is 32.2. The molecule has 0 radical (unpaired) electrons. The molecule has 2 N–H and O–H groups in total. The molecule has 29 heavy (non-hydrogen) atoms. The first-order chi connectivity index (χ1) is 14.2. The van der Waals surface area contributed by atoms with Gasteiger partial charge in [0.15, 0.2) is 4.34 Å². The molecule has 0 saturated carbocycles. The van der Waals surface area contributed by atoms with E-state index >= 15 is 0 Å². The molecule has 0 aliphatic carbocycles. The number of para-hydroxylation sites is 1. The van der Waals surface area contributed by atoms with Crippen molar-refractivity contribution in [2.45, 2.75) is 4.34 Å². The highest BCUT2D eigenvalue weighted by Crippen LogP contribution is 2.28. The highest BCUT2D eigenvalue weighted by Gasteiger charge is 2.21. The normalized spacial score (nSPS) is 14.1. The van der Waals surface area contributed by atoms with Gasteiger partial charge in [-0.05, 0) is 36.4 Å². The first-order valence-electron chi connectivity index (χ1n) is 9.27. The van der Waals surface area contributed by atoms with E-state index in [1.165, 1.54) is 23.1 Å². The Morgan fingerprint density at radius 3 is 2.48 bits per heavy atom. The van der Waals surface area contributed by atoms with Crippen LogP contribution in [0.1, 0.15) is 0 Å². The Morgan fingerprint density at radius 1 is 1.03 bits per heavy atom. The van der Waals surface area contributed by atoms with Gasteiger partial charge in [0.25, 0.3) is 0 Å². The first-order valence-corrected chi connectivity index (χ1v) is 11.1. The van der Waals surface area contributed by atoms with Crippen LogP contribution < -0.4 is 10.2 Å². The van der Waals surface area contributed by atoms with Crippen LogP contribution in [-0.2, 0) is 4.79 Å². The number of aromatic hydroxyl groups is 1. The monoisotopic (exact) mass is 427 g/mol. The smallest absolute Gasteiger partial charge is 0.233 e. The van der Waals surface area contributed by atoms with E-state index in [-0.39, 0.29) is 11.7 Å². The van der Waals surface area contributed by atoms with Crippen molar-refractivity contribution in [2.24, 2.45) is 0 Å². The maximum Gasteiger partial charge on any atom is 0.233 e. The van der Waals surface area contributed by atoms with Crippen LogP contribution in [0.4, 0.5) is 16.5 Å². The third-order valence-electron chi connectivity index (χ3n) is 4.60. The minimum Gasteiger partial charge on any atom is -0.508 e. The molecular formula is C20H21N5O2S2. The van der Waals surface area contributed by atoms with E-state index in [1.807, 2.05) is 47.4 Å². The number of carbonyl (C=O) groups excluding carboxylic acids is 1. The van der Waals surface area contributed by atoms with Gasteiger partial charge in [-0.2, -0.15) is 0 Å². The van der Waals surface area contributed by atoms with Gasteiger partial charge in [0, 0.05) is 37.6 Å². The van der Waals surface area contributed by atoms with Crippen LogP contribution >= 0.6 is 23.1 Å². The minimum atomic E-state index is 0.119. The quantitative estimate of drug-likeness (QED) is 0.583. The molecule has 0 unspecified atom stereocenters. The molecule has 1 aliphatic rings. The van der Waals surface area contributed by atoms with Crippen LogP contribution in [0.15, 0.2) is 58.9 Å². The zero-order valence-electron chi connectivity index (χ0n) is 15.7. The van der Waals surface area contributed by atoms with Gasteiger partial charge in [0.1, 0.15) is 5.75 Å². The van der Waals surface area contributed by atoms with Gasteiger partial charge in [-0.3, -0.25) is 4.79 Å². The van der Waals surface area contributed by atoms with Crippen LogP contribution in [0.5, 0.6) is 5.75 Å². The van der Waals surface area contributed by atoms with Gasteiger partial charge in [-0.1, -0.05) is 41.3 Å². The lowest BCUT2D eigenvalue weighted by atomic mass is 10.2. The van der Waals surface area contributed by atoms with Crippen LogP contribution in [0.25, 0.3) is 0 Å². The Morgan fingerprint density at radius 2 is 1.76 bits per heavy atom. The maximum absolute atomic E-state index is 12.6. The molecule has 0 atom stereocenters. The summed E-state index contributed by atoms with van der Waals surface area (Å²) >= 11 is 2.87. The van der Waals surface area contributed by atoms with E-state index in [4.69, 9.17) is 0 Å². The number of amides is 1. The molecule has 1 fully saturated rings. The molecule has 1 amide bonds. The molecule has 2 heterocycles. The molecule has 1 saturated heterocycles. The average Bonchev–Trinajstić information content (AvgIpc) is 3.21. The fourth-order valence-electron chi connectivity index (χ4n) is 3.06. The summed E-state index contributed by atoms with van der Waals surface area (Å²) in [5.74, 6) is 0.741. The second-order valence-corrected chi connectivity index (χ2v) is 8.74. The van der Waals surface area contributed by atoms with Crippen molar-refractivity contribution in [3.05, 3.63) is 54.6 Å². The minimum absolute atomic E-state index is 0.119. The Bertz CT molecular complexity index is 941. The number of thioether (sulfide) groups is 1. The number of nitrogens with zero attached hydrogens (tertiary/aromatic N) is 4. The number of carbonyl (C=O) groups is 1. The predicted molar refractivity (Wildman–Crippen MR) is 117 cm³/mol. The molecule has 7 nitrogen and oxygen atoms in total. The lowest BCUT2D eigenvalue weighted by Crippen LogP contribution is -2.49. The number of benzene rings is 2. The standard InChI is InChI=1S/C20H21N5O2S2/c26-17-8-6-16(7-9-17)24-10-12-25(13-11-24)18(27)14-28-20-23-22-19(29-20)21-15-4-2-1-3-5-15/h1-9,26H,10-14H2,(H,21,22). The molecule has 1 aliphatic heterocycles. The summed E-state index contributed by atoms with van der Waals surface area (Å²) in [4.78, 5) is 16.7. The molecule has 2 aromatic carbocycles. The SMILES string of the molecule is O=C(CSc1nnc(Nc2ccccc2)s1)N1CCN(c2ccc(O)cc2)CC1. The summed E-state index contributed by atoms with van der Waals surface area (Å²) in [6.07, 6.45) is 0. The summed E-state index contributed by atoms with van der Waals surface area (Å²) in [6, 6.07) is 17.0. The lowest BCUT2D eigenvalue weighted by molar-refractivity contribution is -0.128. The van der Waals surface area contributed by atoms with E-state index in [0.29, 0.717) is 24.0 Å². The molecule has 1 aromatic heterocycles. The van der Waals surface area contributed by atoms with Crippen molar-refractivity contribution in [1.82, 2.24) is 15.1 Å². The van der Waals surface area contributed by atoms with Crippen molar-refractivity contribution in [3.63, 3.8) is 0 Å². The maximum atomic E-state index is 12.6. The Labute approximate surface area is 177 Å². The molecule has 3 aromatic rings. The first kappa shape index (κ1) is 19.5. The number of anilines is 3. The molecular weight excluding hydrogens is 406 g/mol. The Kier molecular flexibility index (Phi) is 6.16. The summed E-state index contributed by atoms with van der Waals surface area (Å²) in [5.41, 5.74) is 2.03. The summed E-state index contributed by atoms with van der Waals surface area (Å²) in [5, 5.41) is 21.6. The predicted octanol–water partition coefficient (Wildman–Crippen LogP) is 3.43. The highest BCUT2D eigenvalue weighted by molar-refractivity contribution is 8.01.